The molecule has 0 unspecified atom stereocenters. The van der Waals surface area contributed by atoms with Crippen molar-refractivity contribution in [3.05, 3.63) is 27.3 Å². The Morgan fingerprint density at radius 1 is 1.14 bits per heavy atom. The van der Waals surface area contributed by atoms with E-state index in [1.807, 2.05) is 20.8 Å². The molecule has 0 bridgehead atoms. The number of aryl methyl sites for hydroxylation is 2. The van der Waals surface area contributed by atoms with Gasteiger partial charge in [0.1, 0.15) is 5.00 Å². The van der Waals surface area contributed by atoms with Gasteiger partial charge in [-0.05, 0) is 33.3 Å². The van der Waals surface area contributed by atoms with E-state index in [9.17, 15) is 14.7 Å². The number of aromatic carboxylic acids is 1. The van der Waals surface area contributed by atoms with Gasteiger partial charge in [0.05, 0.1) is 5.56 Å². The highest BCUT2D eigenvalue weighted by Gasteiger charge is 2.20. The molecular weight excluding hydrogens is 292 g/mol. The fraction of sp³-hybridized carbons (Fsp3) is 0.308. The van der Waals surface area contributed by atoms with Gasteiger partial charge in [-0.1, -0.05) is 0 Å². The quantitative estimate of drug-likeness (QED) is 0.699. The number of aromatic amines is 1. The number of rotatable bonds is 3. The maximum atomic E-state index is 12.0. The topological polar surface area (TPSA) is 107 Å². The van der Waals surface area contributed by atoms with Crippen LogP contribution in [0.1, 0.15) is 32.1 Å². The van der Waals surface area contributed by atoms with Crippen molar-refractivity contribution in [2.45, 2.75) is 27.7 Å². The smallest absolute Gasteiger partial charge is 0.338 e. The number of aromatic nitrogens is 2. The Balaban J connectivity index is 2.19. The van der Waals surface area contributed by atoms with Crippen LogP contribution >= 0.6 is 11.3 Å². The van der Waals surface area contributed by atoms with Gasteiger partial charge in [0.2, 0.25) is 0 Å². The lowest BCUT2D eigenvalue weighted by molar-refractivity contribution is 0.0697. The van der Waals surface area contributed by atoms with Crippen molar-refractivity contribution in [1.82, 2.24) is 10.2 Å². The molecule has 0 saturated heterocycles. The van der Waals surface area contributed by atoms with Crippen LogP contribution in [0.15, 0.2) is 0 Å². The summed E-state index contributed by atoms with van der Waals surface area (Å²) in [4.78, 5) is 24.1. The van der Waals surface area contributed by atoms with Crippen molar-refractivity contribution < 1.29 is 14.7 Å². The van der Waals surface area contributed by atoms with Crippen LogP contribution in [0.3, 0.4) is 0 Å². The first-order valence-electron chi connectivity index (χ1n) is 6.24. The summed E-state index contributed by atoms with van der Waals surface area (Å²) >= 11 is 1.24. The first-order chi connectivity index (χ1) is 9.81. The Bertz CT molecular complexity index is 717. The van der Waals surface area contributed by atoms with Gasteiger partial charge in [0.25, 0.3) is 0 Å². The van der Waals surface area contributed by atoms with Gasteiger partial charge >= 0.3 is 12.0 Å². The second kappa shape index (κ2) is 5.57. The number of carbonyl (C=O) groups excluding carboxylic acids is 1. The van der Waals surface area contributed by atoms with E-state index >= 15 is 0 Å². The summed E-state index contributed by atoms with van der Waals surface area (Å²) in [5.41, 5.74) is 2.48. The molecule has 7 nitrogen and oxygen atoms in total. The normalized spacial score (nSPS) is 10.5. The van der Waals surface area contributed by atoms with Gasteiger partial charge in [0, 0.05) is 16.1 Å². The average Bonchev–Trinajstić information content (AvgIpc) is 2.84. The standard InChI is InChI=1S/C13H16N4O3S/c1-5-7(3)16-17-10(5)14-13(20)15-11-9(12(18)19)6(2)8(4)21-11/h1-4H3,(H,18,19)(H3,14,15,16,17,20). The number of thiophene rings is 1. The first-order valence-corrected chi connectivity index (χ1v) is 7.05. The summed E-state index contributed by atoms with van der Waals surface area (Å²) in [6.45, 7) is 7.22. The minimum absolute atomic E-state index is 0.127. The zero-order valence-electron chi connectivity index (χ0n) is 12.1. The van der Waals surface area contributed by atoms with E-state index < -0.39 is 12.0 Å². The molecule has 0 aliphatic heterocycles. The van der Waals surface area contributed by atoms with E-state index in [1.165, 1.54) is 11.3 Å². The lowest BCUT2D eigenvalue weighted by atomic mass is 10.1. The summed E-state index contributed by atoms with van der Waals surface area (Å²) in [6.07, 6.45) is 0. The van der Waals surface area contributed by atoms with Crippen LogP contribution in [-0.2, 0) is 0 Å². The first kappa shape index (κ1) is 15.0. The zero-order valence-corrected chi connectivity index (χ0v) is 12.9. The summed E-state index contributed by atoms with van der Waals surface area (Å²) < 4.78 is 0. The molecular formula is C13H16N4O3S. The largest absolute Gasteiger partial charge is 0.478 e. The SMILES string of the molecule is Cc1[nH]nc(NC(=O)Nc2sc(C)c(C)c2C(=O)O)c1C. The Hall–Kier alpha value is -2.35. The highest BCUT2D eigenvalue weighted by Crippen LogP contribution is 2.32. The van der Waals surface area contributed by atoms with Crippen LogP contribution in [-0.4, -0.2) is 27.3 Å². The molecule has 0 saturated carbocycles. The Morgan fingerprint density at radius 2 is 1.81 bits per heavy atom. The van der Waals surface area contributed by atoms with Crippen molar-refractivity contribution in [1.29, 1.82) is 0 Å². The summed E-state index contributed by atoms with van der Waals surface area (Å²) in [6, 6.07) is -0.520. The van der Waals surface area contributed by atoms with Gasteiger partial charge in [-0.25, -0.2) is 9.59 Å². The molecule has 2 rings (SSSR count). The van der Waals surface area contributed by atoms with Crippen LogP contribution in [0.2, 0.25) is 0 Å². The molecule has 0 aromatic carbocycles. The lowest BCUT2D eigenvalue weighted by Gasteiger charge is -2.05. The molecule has 2 amide bonds. The Kier molecular flexibility index (Phi) is 3.99. The second-order valence-corrected chi connectivity index (χ2v) is 5.92. The van der Waals surface area contributed by atoms with Gasteiger partial charge in [-0.3, -0.25) is 15.7 Å². The van der Waals surface area contributed by atoms with Crippen molar-refractivity contribution >= 4 is 34.2 Å². The lowest BCUT2D eigenvalue weighted by Crippen LogP contribution is -2.20. The van der Waals surface area contributed by atoms with E-state index in [0.29, 0.717) is 16.4 Å². The van der Waals surface area contributed by atoms with Gasteiger partial charge in [0.15, 0.2) is 5.82 Å². The third-order valence-electron chi connectivity index (χ3n) is 3.31. The molecule has 0 radical (unpaired) electrons. The number of nitrogens with zero attached hydrogens (tertiary/aromatic N) is 1. The molecule has 0 fully saturated rings. The van der Waals surface area contributed by atoms with Crippen LogP contribution in [0.5, 0.6) is 0 Å². The fourth-order valence-electron chi connectivity index (χ4n) is 1.82. The highest BCUT2D eigenvalue weighted by atomic mass is 32.1. The molecule has 8 heteroatoms. The van der Waals surface area contributed by atoms with E-state index in [0.717, 1.165) is 16.1 Å². The predicted molar refractivity (Wildman–Crippen MR) is 81.5 cm³/mol. The van der Waals surface area contributed by atoms with Crippen LogP contribution in [0.25, 0.3) is 0 Å². The number of carbonyl (C=O) groups is 2. The van der Waals surface area contributed by atoms with Crippen LogP contribution in [0, 0.1) is 27.7 Å². The number of nitrogens with one attached hydrogen (secondary N) is 3. The fourth-order valence-corrected chi connectivity index (χ4v) is 2.87. The van der Waals surface area contributed by atoms with E-state index in [4.69, 9.17) is 0 Å². The minimum atomic E-state index is -1.06. The molecule has 0 aliphatic rings. The van der Waals surface area contributed by atoms with E-state index in [-0.39, 0.29) is 5.56 Å². The van der Waals surface area contributed by atoms with Crippen LogP contribution < -0.4 is 10.6 Å². The van der Waals surface area contributed by atoms with Gasteiger partial charge < -0.3 is 5.11 Å². The summed E-state index contributed by atoms with van der Waals surface area (Å²) in [5.74, 6) is -0.634. The Labute approximate surface area is 125 Å². The minimum Gasteiger partial charge on any atom is -0.478 e. The van der Waals surface area contributed by atoms with Crippen molar-refractivity contribution in [3.8, 4) is 0 Å². The summed E-state index contributed by atoms with van der Waals surface area (Å²) in [5, 5.41) is 21.4. The second-order valence-electron chi connectivity index (χ2n) is 4.69. The van der Waals surface area contributed by atoms with Crippen molar-refractivity contribution in [2.24, 2.45) is 0 Å². The number of carboxylic acids is 1. The number of hydrogen-bond donors (Lipinski definition) is 4. The molecule has 2 aromatic heterocycles. The Morgan fingerprint density at radius 3 is 2.33 bits per heavy atom. The molecule has 21 heavy (non-hydrogen) atoms. The number of amides is 2. The summed E-state index contributed by atoms with van der Waals surface area (Å²) in [7, 11) is 0. The molecule has 2 aromatic rings. The van der Waals surface area contributed by atoms with Crippen molar-refractivity contribution in [3.63, 3.8) is 0 Å². The monoisotopic (exact) mass is 308 g/mol. The molecule has 2 heterocycles. The molecule has 0 aliphatic carbocycles. The number of urea groups is 1. The number of hydrogen-bond acceptors (Lipinski definition) is 4. The average molecular weight is 308 g/mol. The van der Waals surface area contributed by atoms with Crippen molar-refractivity contribution in [2.75, 3.05) is 10.6 Å². The number of anilines is 2. The third-order valence-corrected chi connectivity index (χ3v) is 4.43. The van der Waals surface area contributed by atoms with Gasteiger partial charge in [-0.15, -0.1) is 11.3 Å². The zero-order chi connectivity index (χ0) is 15.7. The number of carboxylic acid groups (broad SMARTS) is 1. The van der Waals surface area contributed by atoms with E-state index in [1.54, 1.807) is 6.92 Å². The van der Waals surface area contributed by atoms with Crippen LogP contribution in [0.4, 0.5) is 15.6 Å². The molecule has 0 spiro atoms. The maximum Gasteiger partial charge on any atom is 0.338 e. The molecule has 4 N–H and O–H groups in total. The highest BCUT2D eigenvalue weighted by molar-refractivity contribution is 7.16. The predicted octanol–water partition coefficient (Wildman–Crippen LogP) is 3.05. The third kappa shape index (κ3) is 2.89. The van der Waals surface area contributed by atoms with E-state index in [2.05, 4.69) is 20.8 Å². The molecule has 0 atom stereocenters. The number of H-pyrrole nitrogens is 1. The van der Waals surface area contributed by atoms with Gasteiger partial charge in [-0.2, -0.15) is 5.10 Å². The molecule has 112 valence electrons. The maximum absolute atomic E-state index is 12.0.